The van der Waals surface area contributed by atoms with Gasteiger partial charge in [0, 0.05) is 6.20 Å². The number of carboxylic acid groups (broad SMARTS) is 1. The van der Waals surface area contributed by atoms with Gasteiger partial charge in [0.2, 0.25) is 0 Å². The summed E-state index contributed by atoms with van der Waals surface area (Å²) in [6.07, 6.45) is 3.16. The van der Waals surface area contributed by atoms with E-state index < -0.39 is 5.97 Å². The fraction of sp³-hybridized carbons (Fsp3) is 0.0714. The number of pyridine rings is 1. The SMILES string of the molecule is O=C(O)c1ccc2c(c1)ncn2Cc1ncc(Cl)cc1Cl. The molecule has 0 fully saturated rings. The highest BCUT2D eigenvalue weighted by molar-refractivity contribution is 6.34. The number of fused-ring (bicyclic) bond motifs is 1. The van der Waals surface area contributed by atoms with E-state index in [1.165, 1.54) is 12.3 Å². The highest BCUT2D eigenvalue weighted by Gasteiger charge is 2.10. The Kier molecular flexibility index (Phi) is 3.53. The monoisotopic (exact) mass is 321 g/mol. The molecule has 0 aliphatic carbocycles. The first-order valence-corrected chi connectivity index (χ1v) is 6.78. The molecule has 21 heavy (non-hydrogen) atoms. The summed E-state index contributed by atoms with van der Waals surface area (Å²) in [5, 5.41) is 9.93. The molecule has 0 amide bonds. The van der Waals surface area contributed by atoms with Crippen LogP contribution in [0.15, 0.2) is 36.8 Å². The highest BCUT2D eigenvalue weighted by Crippen LogP contribution is 2.21. The molecule has 0 saturated carbocycles. The molecule has 0 unspecified atom stereocenters. The number of carbonyl (C=O) groups is 1. The summed E-state index contributed by atoms with van der Waals surface area (Å²) >= 11 is 11.9. The molecule has 0 aliphatic heterocycles. The van der Waals surface area contributed by atoms with Crippen LogP contribution in [0.2, 0.25) is 10.0 Å². The van der Waals surface area contributed by atoms with E-state index in [1.807, 2.05) is 4.57 Å². The number of halogens is 2. The molecular weight excluding hydrogens is 313 g/mol. The molecule has 0 atom stereocenters. The van der Waals surface area contributed by atoms with Gasteiger partial charge in [-0.15, -0.1) is 0 Å². The van der Waals surface area contributed by atoms with Gasteiger partial charge in [0.1, 0.15) is 0 Å². The van der Waals surface area contributed by atoms with Gasteiger partial charge in [0.25, 0.3) is 0 Å². The van der Waals surface area contributed by atoms with Crippen LogP contribution in [0.3, 0.4) is 0 Å². The second kappa shape index (κ2) is 5.35. The third-order valence-corrected chi connectivity index (χ3v) is 3.61. The van der Waals surface area contributed by atoms with Gasteiger partial charge in [-0.2, -0.15) is 0 Å². The Morgan fingerprint density at radius 3 is 2.76 bits per heavy atom. The minimum Gasteiger partial charge on any atom is -0.478 e. The quantitative estimate of drug-likeness (QED) is 0.801. The Balaban J connectivity index is 1.99. The maximum Gasteiger partial charge on any atom is 0.335 e. The molecular formula is C14H9Cl2N3O2. The van der Waals surface area contributed by atoms with Crippen molar-refractivity contribution in [2.75, 3.05) is 0 Å². The van der Waals surface area contributed by atoms with Gasteiger partial charge >= 0.3 is 5.97 Å². The largest absolute Gasteiger partial charge is 0.478 e. The molecule has 0 aliphatic rings. The van der Waals surface area contributed by atoms with E-state index >= 15 is 0 Å². The van der Waals surface area contributed by atoms with Crippen molar-refractivity contribution < 1.29 is 9.90 Å². The number of rotatable bonds is 3. The fourth-order valence-electron chi connectivity index (χ4n) is 2.04. The predicted octanol–water partition coefficient (Wildman–Crippen LogP) is 3.48. The average molecular weight is 322 g/mol. The van der Waals surface area contributed by atoms with Crippen molar-refractivity contribution in [1.82, 2.24) is 14.5 Å². The molecule has 7 heteroatoms. The van der Waals surface area contributed by atoms with E-state index in [9.17, 15) is 4.79 Å². The maximum atomic E-state index is 10.9. The van der Waals surface area contributed by atoms with Crippen molar-refractivity contribution in [3.8, 4) is 0 Å². The van der Waals surface area contributed by atoms with Crippen LogP contribution in [0, 0.1) is 0 Å². The number of benzene rings is 1. The molecule has 2 aromatic heterocycles. The normalized spacial score (nSPS) is 11.0. The van der Waals surface area contributed by atoms with E-state index in [4.69, 9.17) is 28.3 Å². The Morgan fingerprint density at radius 1 is 1.24 bits per heavy atom. The van der Waals surface area contributed by atoms with Gasteiger partial charge in [0.05, 0.1) is 45.2 Å². The van der Waals surface area contributed by atoms with Crippen LogP contribution in [0.1, 0.15) is 16.1 Å². The zero-order valence-electron chi connectivity index (χ0n) is 10.6. The Bertz CT molecular complexity index is 845. The summed E-state index contributed by atoms with van der Waals surface area (Å²) in [5.41, 5.74) is 2.30. The number of imidazole rings is 1. The molecule has 0 bridgehead atoms. The Morgan fingerprint density at radius 2 is 2.05 bits per heavy atom. The maximum absolute atomic E-state index is 10.9. The van der Waals surface area contributed by atoms with Crippen LogP contribution < -0.4 is 0 Å². The zero-order valence-corrected chi connectivity index (χ0v) is 12.1. The Labute approximate surface area is 129 Å². The van der Waals surface area contributed by atoms with Crippen LogP contribution in [-0.2, 0) is 6.54 Å². The number of hydrogen-bond acceptors (Lipinski definition) is 3. The first-order valence-electron chi connectivity index (χ1n) is 6.02. The topological polar surface area (TPSA) is 68.0 Å². The van der Waals surface area contributed by atoms with E-state index in [1.54, 1.807) is 24.5 Å². The van der Waals surface area contributed by atoms with Crippen molar-refractivity contribution >= 4 is 40.2 Å². The summed E-state index contributed by atoms with van der Waals surface area (Å²) in [6.45, 7) is 0.429. The van der Waals surface area contributed by atoms with Crippen LogP contribution in [0.4, 0.5) is 0 Å². The van der Waals surface area contributed by atoms with E-state index in [0.717, 1.165) is 5.52 Å². The van der Waals surface area contributed by atoms with E-state index in [-0.39, 0.29) is 5.56 Å². The van der Waals surface area contributed by atoms with Crippen LogP contribution in [0.25, 0.3) is 11.0 Å². The standard InChI is InChI=1S/C14H9Cl2N3O2/c15-9-4-10(16)12(17-5-9)6-19-7-18-11-3-8(14(20)21)1-2-13(11)19/h1-5,7H,6H2,(H,20,21). The highest BCUT2D eigenvalue weighted by atomic mass is 35.5. The molecule has 106 valence electrons. The van der Waals surface area contributed by atoms with Gasteiger partial charge in [-0.25, -0.2) is 9.78 Å². The minimum absolute atomic E-state index is 0.204. The number of aromatic carboxylic acids is 1. The lowest BCUT2D eigenvalue weighted by atomic mass is 10.2. The number of nitrogens with zero attached hydrogens (tertiary/aromatic N) is 3. The first kappa shape index (κ1) is 13.9. The zero-order chi connectivity index (χ0) is 15.0. The second-order valence-electron chi connectivity index (χ2n) is 4.46. The van der Waals surface area contributed by atoms with Crippen molar-refractivity contribution in [2.24, 2.45) is 0 Å². The minimum atomic E-state index is -0.978. The van der Waals surface area contributed by atoms with Gasteiger partial charge in [-0.05, 0) is 24.3 Å². The molecule has 0 spiro atoms. The summed E-state index contributed by atoms with van der Waals surface area (Å²) in [7, 11) is 0. The van der Waals surface area contributed by atoms with E-state index in [2.05, 4.69) is 9.97 Å². The van der Waals surface area contributed by atoms with Crippen LogP contribution >= 0.6 is 23.2 Å². The summed E-state index contributed by atoms with van der Waals surface area (Å²) in [5.74, 6) is -0.978. The number of hydrogen-bond donors (Lipinski definition) is 1. The number of carboxylic acids is 1. The van der Waals surface area contributed by atoms with Crippen molar-refractivity contribution in [1.29, 1.82) is 0 Å². The molecule has 0 saturated heterocycles. The molecule has 3 rings (SSSR count). The lowest BCUT2D eigenvalue weighted by Crippen LogP contribution is -2.01. The lowest BCUT2D eigenvalue weighted by Gasteiger charge is -2.06. The molecule has 0 radical (unpaired) electrons. The number of aromatic nitrogens is 3. The van der Waals surface area contributed by atoms with Gasteiger partial charge in [-0.1, -0.05) is 23.2 Å². The van der Waals surface area contributed by atoms with Gasteiger partial charge in [0.15, 0.2) is 0 Å². The Hall–Kier alpha value is -2.11. The smallest absolute Gasteiger partial charge is 0.335 e. The second-order valence-corrected chi connectivity index (χ2v) is 5.31. The molecule has 1 aromatic carbocycles. The molecule has 1 N–H and O–H groups in total. The third-order valence-electron chi connectivity index (χ3n) is 3.07. The summed E-state index contributed by atoms with van der Waals surface area (Å²) in [6, 6.07) is 6.42. The average Bonchev–Trinajstić information content (AvgIpc) is 2.84. The first-order chi connectivity index (χ1) is 10.0. The van der Waals surface area contributed by atoms with Gasteiger partial charge < -0.3 is 9.67 Å². The van der Waals surface area contributed by atoms with Crippen LogP contribution in [0.5, 0.6) is 0 Å². The lowest BCUT2D eigenvalue weighted by molar-refractivity contribution is 0.0697. The predicted molar refractivity (Wildman–Crippen MR) is 80.1 cm³/mol. The van der Waals surface area contributed by atoms with Crippen LogP contribution in [-0.4, -0.2) is 25.6 Å². The van der Waals surface area contributed by atoms with Crippen molar-refractivity contribution in [3.05, 3.63) is 58.1 Å². The fourth-order valence-corrected chi connectivity index (χ4v) is 2.48. The summed E-state index contributed by atoms with van der Waals surface area (Å²) < 4.78 is 1.85. The third kappa shape index (κ3) is 2.70. The molecule has 2 heterocycles. The summed E-state index contributed by atoms with van der Waals surface area (Å²) in [4.78, 5) is 19.4. The van der Waals surface area contributed by atoms with Gasteiger partial charge in [-0.3, -0.25) is 4.98 Å². The van der Waals surface area contributed by atoms with Crippen molar-refractivity contribution in [3.63, 3.8) is 0 Å². The molecule has 5 nitrogen and oxygen atoms in total. The van der Waals surface area contributed by atoms with E-state index in [0.29, 0.717) is 27.8 Å². The van der Waals surface area contributed by atoms with Crippen molar-refractivity contribution in [2.45, 2.75) is 6.54 Å². The molecule has 3 aromatic rings.